The first kappa shape index (κ1) is 15.6. The number of nitrogens with zero attached hydrogens (tertiary/aromatic N) is 2. The van der Waals surface area contributed by atoms with Crippen molar-refractivity contribution in [3.05, 3.63) is 23.5 Å². The van der Waals surface area contributed by atoms with E-state index in [0.29, 0.717) is 0 Å². The quantitative estimate of drug-likeness (QED) is 0.913. The number of aromatic nitrogens is 1. The number of hydrogen-bond donors (Lipinski definition) is 1. The Bertz CT molecular complexity index is 561. The van der Waals surface area contributed by atoms with Gasteiger partial charge in [-0.05, 0) is 51.7 Å². The Morgan fingerprint density at radius 1 is 1.27 bits per heavy atom. The zero-order valence-electron chi connectivity index (χ0n) is 14.0. The summed E-state index contributed by atoms with van der Waals surface area (Å²) in [6.07, 6.45) is 6.24. The Kier molecular flexibility index (Phi) is 4.06. The first-order valence-electron chi connectivity index (χ1n) is 8.57. The SMILES string of the molecule is Cc1ccc(C(=O)N2CCC[C@@H]2[C@H]2CCCC[C@@]2(C)O)n1C. The summed E-state index contributed by atoms with van der Waals surface area (Å²) < 4.78 is 1.97. The molecule has 0 aromatic carbocycles. The largest absolute Gasteiger partial charge is 0.390 e. The average Bonchev–Trinajstić information content (AvgIpc) is 3.06. The molecule has 2 aliphatic rings. The maximum Gasteiger partial charge on any atom is 0.270 e. The van der Waals surface area contributed by atoms with Crippen molar-refractivity contribution < 1.29 is 9.90 Å². The topological polar surface area (TPSA) is 45.5 Å². The lowest BCUT2D eigenvalue weighted by Crippen LogP contribution is -2.50. The highest BCUT2D eigenvalue weighted by atomic mass is 16.3. The van der Waals surface area contributed by atoms with E-state index in [1.165, 1.54) is 6.42 Å². The molecule has 3 rings (SSSR count). The van der Waals surface area contributed by atoms with Gasteiger partial charge in [-0.3, -0.25) is 4.79 Å². The summed E-state index contributed by atoms with van der Waals surface area (Å²) in [5, 5.41) is 10.8. The molecule has 1 aromatic heterocycles. The number of aryl methyl sites for hydroxylation is 1. The molecule has 1 saturated heterocycles. The van der Waals surface area contributed by atoms with E-state index in [-0.39, 0.29) is 17.9 Å². The Hall–Kier alpha value is -1.29. The molecule has 1 N–H and O–H groups in total. The lowest BCUT2D eigenvalue weighted by atomic mass is 9.72. The summed E-state index contributed by atoms with van der Waals surface area (Å²) in [5.41, 5.74) is 1.24. The summed E-state index contributed by atoms with van der Waals surface area (Å²) in [7, 11) is 1.95. The van der Waals surface area contributed by atoms with Crippen LogP contribution in [0.1, 0.15) is 61.6 Å². The Balaban J connectivity index is 1.84. The van der Waals surface area contributed by atoms with Gasteiger partial charge >= 0.3 is 0 Å². The third kappa shape index (κ3) is 2.58. The molecule has 0 radical (unpaired) electrons. The highest BCUT2D eigenvalue weighted by molar-refractivity contribution is 5.93. The maximum absolute atomic E-state index is 13.0. The number of hydrogen-bond acceptors (Lipinski definition) is 2. The van der Waals surface area contributed by atoms with Gasteiger partial charge in [0, 0.05) is 31.2 Å². The van der Waals surface area contributed by atoms with Crippen LogP contribution in [-0.2, 0) is 7.05 Å². The second-order valence-corrected chi connectivity index (χ2v) is 7.34. The highest BCUT2D eigenvalue weighted by Crippen LogP contribution is 2.41. The van der Waals surface area contributed by atoms with Crippen molar-refractivity contribution in [2.24, 2.45) is 13.0 Å². The predicted molar refractivity (Wildman–Crippen MR) is 86.8 cm³/mol. The van der Waals surface area contributed by atoms with Crippen LogP contribution in [0.15, 0.2) is 12.1 Å². The Morgan fingerprint density at radius 3 is 2.68 bits per heavy atom. The molecule has 2 heterocycles. The molecule has 1 amide bonds. The minimum absolute atomic E-state index is 0.125. The zero-order chi connectivity index (χ0) is 15.9. The van der Waals surface area contributed by atoms with Crippen molar-refractivity contribution in [1.82, 2.24) is 9.47 Å². The van der Waals surface area contributed by atoms with Gasteiger partial charge in [0.2, 0.25) is 0 Å². The molecule has 1 aliphatic heterocycles. The molecule has 0 spiro atoms. The van der Waals surface area contributed by atoms with Gasteiger partial charge in [-0.15, -0.1) is 0 Å². The van der Waals surface area contributed by atoms with Crippen LogP contribution in [0.3, 0.4) is 0 Å². The van der Waals surface area contributed by atoms with Crippen molar-refractivity contribution >= 4 is 5.91 Å². The molecule has 1 saturated carbocycles. The van der Waals surface area contributed by atoms with Crippen LogP contribution < -0.4 is 0 Å². The van der Waals surface area contributed by atoms with Crippen molar-refractivity contribution in [2.75, 3.05) is 6.54 Å². The van der Waals surface area contributed by atoms with Gasteiger partial charge in [0.25, 0.3) is 5.91 Å². The van der Waals surface area contributed by atoms with Gasteiger partial charge in [0.1, 0.15) is 5.69 Å². The Morgan fingerprint density at radius 2 is 2.05 bits per heavy atom. The normalized spacial score (nSPS) is 32.5. The van der Waals surface area contributed by atoms with Crippen molar-refractivity contribution in [3.63, 3.8) is 0 Å². The molecule has 22 heavy (non-hydrogen) atoms. The van der Waals surface area contributed by atoms with E-state index < -0.39 is 5.60 Å². The maximum atomic E-state index is 13.0. The van der Waals surface area contributed by atoms with Gasteiger partial charge in [-0.2, -0.15) is 0 Å². The molecule has 1 aliphatic carbocycles. The Labute approximate surface area is 133 Å². The molecular formula is C18H28N2O2. The van der Waals surface area contributed by atoms with Crippen LogP contribution in [0.4, 0.5) is 0 Å². The average molecular weight is 304 g/mol. The minimum atomic E-state index is -0.629. The second-order valence-electron chi connectivity index (χ2n) is 7.34. The van der Waals surface area contributed by atoms with Crippen LogP contribution in [0, 0.1) is 12.8 Å². The molecule has 122 valence electrons. The van der Waals surface area contributed by atoms with Crippen molar-refractivity contribution in [2.45, 2.75) is 64.0 Å². The summed E-state index contributed by atoms with van der Waals surface area (Å²) >= 11 is 0. The van der Waals surface area contributed by atoms with Gasteiger partial charge in [0.05, 0.1) is 5.60 Å². The fourth-order valence-electron chi connectivity index (χ4n) is 4.39. The fraction of sp³-hybridized carbons (Fsp3) is 0.722. The van der Waals surface area contributed by atoms with E-state index in [0.717, 1.165) is 50.0 Å². The van der Waals surface area contributed by atoms with E-state index in [1.54, 1.807) is 0 Å². The highest BCUT2D eigenvalue weighted by Gasteiger charge is 2.45. The monoisotopic (exact) mass is 304 g/mol. The van der Waals surface area contributed by atoms with Gasteiger partial charge in [-0.1, -0.05) is 12.8 Å². The lowest BCUT2D eigenvalue weighted by molar-refractivity contribution is -0.0578. The summed E-state index contributed by atoms with van der Waals surface area (Å²) in [6, 6.07) is 4.11. The van der Waals surface area contributed by atoms with E-state index >= 15 is 0 Å². The number of aliphatic hydroxyl groups is 1. The molecule has 0 bridgehead atoms. The first-order valence-corrected chi connectivity index (χ1v) is 8.57. The number of likely N-dealkylation sites (tertiary alicyclic amines) is 1. The molecule has 2 fully saturated rings. The lowest BCUT2D eigenvalue weighted by Gasteiger charge is -2.43. The predicted octanol–water partition coefficient (Wildman–Crippen LogP) is 2.88. The summed E-state index contributed by atoms with van der Waals surface area (Å²) in [6.45, 7) is 4.80. The number of carbonyl (C=O) groups excluding carboxylic acids is 1. The van der Waals surface area contributed by atoms with Crippen molar-refractivity contribution in [1.29, 1.82) is 0 Å². The van der Waals surface area contributed by atoms with Crippen LogP contribution in [0.2, 0.25) is 0 Å². The second kappa shape index (κ2) is 5.73. The standard InChI is InChI=1S/C18H28N2O2/c1-13-9-10-16(19(13)3)17(21)20-12-6-8-15(20)14-7-4-5-11-18(14,2)22/h9-10,14-15,22H,4-8,11-12H2,1-3H3/t14-,15-,18-/m1/s1. The van der Waals surface area contributed by atoms with Crippen LogP contribution in [-0.4, -0.2) is 38.7 Å². The smallest absolute Gasteiger partial charge is 0.270 e. The number of carbonyl (C=O) groups is 1. The van der Waals surface area contributed by atoms with Gasteiger partial charge in [0.15, 0.2) is 0 Å². The molecule has 1 aromatic rings. The van der Waals surface area contributed by atoms with Crippen LogP contribution >= 0.6 is 0 Å². The van der Waals surface area contributed by atoms with E-state index in [1.807, 2.05) is 42.5 Å². The van der Waals surface area contributed by atoms with Crippen molar-refractivity contribution in [3.8, 4) is 0 Å². The summed E-state index contributed by atoms with van der Waals surface area (Å²) in [5.74, 6) is 0.341. The van der Waals surface area contributed by atoms with Crippen LogP contribution in [0.25, 0.3) is 0 Å². The third-order valence-corrected chi connectivity index (χ3v) is 5.86. The zero-order valence-corrected chi connectivity index (χ0v) is 14.0. The van der Waals surface area contributed by atoms with Gasteiger partial charge < -0.3 is 14.6 Å². The molecule has 0 unspecified atom stereocenters. The number of rotatable bonds is 2. The molecular weight excluding hydrogens is 276 g/mol. The number of amides is 1. The summed E-state index contributed by atoms with van der Waals surface area (Å²) in [4.78, 5) is 15.0. The van der Waals surface area contributed by atoms with Crippen LogP contribution in [0.5, 0.6) is 0 Å². The van der Waals surface area contributed by atoms with Gasteiger partial charge in [-0.25, -0.2) is 0 Å². The minimum Gasteiger partial charge on any atom is -0.390 e. The molecule has 3 atom stereocenters. The van der Waals surface area contributed by atoms with E-state index in [4.69, 9.17) is 0 Å². The first-order chi connectivity index (χ1) is 10.4. The third-order valence-electron chi connectivity index (χ3n) is 5.86. The molecule has 4 heteroatoms. The van der Waals surface area contributed by atoms with E-state index in [9.17, 15) is 9.90 Å². The van der Waals surface area contributed by atoms with E-state index in [2.05, 4.69) is 0 Å². The fourth-order valence-corrected chi connectivity index (χ4v) is 4.39. The molecule has 4 nitrogen and oxygen atoms in total.